The standard InChI is InChI=1S/C21H21NO4/c1-3-14-21(2)19(23)26-18(17-12-8-5-9-13-17)22(21)20(24)25-15-16-10-6-4-7-11-16/h3-13,18H,1,14-15H2,2H3/t18-,21+/m1/s1. The number of ether oxygens (including phenoxy) is 2. The molecule has 2 aromatic carbocycles. The first-order chi connectivity index (χ1) is 12.6. The molecule has 2 aromatic rings. The van der Waals surface area contributed by atoms with Gasteiger partial charge in [-0.3, -0.25) is 4.90 Å². The molecule has 3 rings (SSSR count). The fourth-order valence-corrected chi connectivity index (χ4v) is 3.02. The Bertz CT molecular complexity index is 790. The summed E-state index contributed by atoms with van der Waals surface area (Å²) in [5.74, 6) is -0.470. The molecule has 1 saturated heterocycles. The summed E-state index contributed by atoms with van der Waals surface area (Å²) in [6.45, 7) is 5.49. The number of hydrogen-bond donors (Lipinski definition) is 0. The van der Waals surface area contributed by atoms with Crippen molar-refractivity contribution < 1.29 is 19.1 Å². The summed E-state index contributed by atoms with van der Waals surface area (Å²) in [5, 5.41) is 0. The van der Waals surface area contributed by atoms with Gasteiger partial charge < -0.3 is 9.47 Å². The highest BCUT2D eigenvalue weighted by atomic mass is 16.6. The van der Waals surface area contributed by atoms with Crippen molar-refractivity contribution >= 4 is 12.1 Å². The Morgan fingerprint density at radius 1 is 1.19 bits per heavy atom. The lowest BCUT2D eigenvalue weighted by atomic mass is 9.96. The number of esters is 1. The Hall–Kier alpha value is -3.08. The molecule has 1 aliphatic heterocycles. The number of cyclic esters (lactones) is 1. The molecule has 0 saturated carbocycles. The number of carbonyl (C=O) groups is 2. The first kappa shape index (κ1) is 17.7. The number of benzene rings is 2. The van der Waals surface area contributed by atoms with E-state index in [1.807, 2.05) is 60.7 Å². The van der Waals surface area contributed by atoms with E-state index in [2.05, 4.69) is 6.58 Å². The molecule has 5 heteroatoms. The van der Waals surface area contributed by atoms with Crippen molar-refractivity contribution in [3.63, 3.8) is 0 Å². The molecule has 0 radical (unpaired) electrons. The van der Waals surface area contributed by atoms with Crippen molar-refractivity contribution in [2.45, 2.75) is 31.7 Å². The Balaban J connectivity index is 1.87. The molecule has 0 unspecified atom stereocenters. The van der Waals surface area contributed by atoms with Gasteiger partial charge in [0.2, 0.25) is 6.23 Å². The van der Waals surface area contributed by atoms with E-state index in [1.54, 1.807) is 13.0 Å². The highest BCUT2D eigenvalue weighted by Crippen LogP contribution is 2.40. The highest BCUT2D eigenvalue weighted by Gasteiger charge is 2.55. The van der Waals surface area contributed by atoms with Crippen LogP contribution in [0.5, 0.6) is 0 Å². The molecule has 26 heavy (non-hydrogen) atoms. The van der Waals surface area contributed by atoms with Gasteiger partial charge >= 0.3 is 12.1 Å². The van der Waals surface area contributed by atoms with Crippen molar-refractivity contribution in [1.29, 1.82) is 0 Å². The molecular formula is C21H21NO4. The fraction of sp³-hybridized carbons (Fsp3) is 0.238. The van der Waals surface area contributed by atoms with Crippen LogP contribution in [0.4, 0.5) is 4.79 Å². The summed E-state index contributed by atoms with van der Waals surface area (Å²) in [5.41, 5.74) is 0.426. The van der Waals surface area contributed by atoms with Gasteiger partial charge in [-0.2, -0.15) is 0 Å². The van der Waals surface area contributed by atoms with Gasteiger partial charge in [0.05, 0.1) is 0 Å². The molecule has 0 spiro atoms. The minimum Gasteiger partial charge on any atom is -0.444 e. The topological polar surface area (TPSA) is 55.8 Å². The average molecular weight is 351 g/mol. The Morgan fingerprint density at radius 3 is 2.42 bits per heavy atom. The zero-order valence-electron chi connectivity index (χ0n) is 14.6. The minimum atomic E-state index is -1.16. The lowest BCUT2D eigenvalue weighted by molar-refractivity contribution is -0.145. The van der Waals surface area contributed by atoms with Gasteiger partial charge in [0.15, 0.2) is 0 Å². The van der Waals surface area contributed by atoms with Gasteiger partial charge in [0.25, 0.3) is 0 Å². The number of nitrogens with zero attached hydrogens (tertiary/aromatic N) is 1. The quantitative estimate of drug-likeness (QED) is 0.598. The van der Waals surface area contributed by atoms with Crippen molar-refractivity contribution in [3.05, 3.63) is 84.4 Å². The number of amides is 1. The van der Waals surface area contributed by atoms with Crippen molar-refractivity contribution in [2.75, 3.05) is 0 Å². The van der Waals surface area contributed by atoms with Crippen LogP contribution in [0, 0.1) is 0 Å². The number of rotatable bonds is 5. The minimum absolute atomic E-state index is 0.121. The molecule has 0 aliphatic carbocycles. The lowest BCUT2D eigenvalue weighted by Gasteiger charge is -2.32. The van der Waals surface area contributed by atoms with E-state index >= 15 is 0 Å². The molecule has 1 amide bonds. The van der Waals surface area contributed by atoms with Crippen LogP contribution in [0.25, 0.3) is 0 Å². The van der Waals surface area contributed by atoms with Crippen LogP contribution in [0.3, 0.4) is 0 Å². The SMILES string of the molecule is C=CC[C@@]1(C)C(=O)O[C@H](c2ccccc2)N1C(=O)OCc1ccccc1. The monoisotopic (exact) mass is 351 g/mol. The number of carbonyl (C=O) groups excluding carboxylic acids is 2. The van der Waals surface area contributed by atoms with Gasteiger partial charge in [-0.25, -0.2) is 9.59 Å². The van der Waals surface area contributed by atoms with Crippen molar-refractivity contribution in [1.82, 2.24) is 4.90 Å². The van der Waals surface area contributed by atoms with Crippen LogP contribution in [-0.2, 0) is 20.9 Å². The van der Waals surface area contributed by atoms with Gasteiger partial charge in [-0.05, 0) is 18.9 Å². The molecule has 134 valence electrons. The maximum Gasteiger partial charge on any atom is 0.414 e. The lowest BCUT2D eigenvalue weighted by Crippen LogP contribution is -2.49. The molecular weight excluding hydrogens is 330 g/mol. The van der Waals surface area contributed by atoms with E-state index in [0.717, 1.165) is 5.56 Å². The summed E-state index contributed by atoms with van der Waals surface area (Å²) < 4.78 is 11.0. The Kier molecular flexibility index (Phi) is 5.07. The summed E-state index contributed by atoms with van der Waals surface area (Å²) in [6.07, 6.45) is 0.455. The van der Waals surface area contributed by atoms with Crippen LogP contribution in [0.1, 0.15) is 30.7 Å². The normalized spacial score (nSPS) is 22.0. The molecule has 1 heterocycles. The molecule has 1 aliphatic rings. The highest BCUT2D eigenvalue weighted by molar-refractivity contribution is 5.88. The van der Waals surface area contributed by atoms with Crippen LogP contribution in [0.15, 0.2) is 73.3 Å². The third-order valence-corrected chi connectivity index (χ3v) is 4.45. The van der Waals surface area contributed by atoms with Crippen LogP contribution >= 0.6 is 0 Å². The molecule has 0 bridgehead atoms. The summed E-state index contributed by atoms with van der Waals surface area (Å²) in [7, 11) is 0. The summed E-state index contributed by atoms with van der Waals surface area (Å²) in [6, 6.07) is 18.5. The third-order valence-electron chi connectivity index (χ3n) is 4.45. The largest absolute Gasteiger partial charge is 0.444 e. The molecule has 0 aromatic heterocycles. The molecule has 5 nitrogen and oxygen atoms in total. The Labute approximate surface area is 152 Å². The average Bonchev–Trinajstić information content (AvgIpc) is 2.93. The molecule has 2 atom stereocenters. The number of hydrogen-bond acceptors (Lipinski definition) is 4. The van der Waals surface area contributed by atoms with E-state index in [9.17, 15) is 9.59 Å². The van der Waals surface area contributed by atoms with E-state index in [-0.39, 0.29) is 13.0 Å². The van der Waals surface area contributed by atoms with E-state index in [1.165, 1.54) is 4.90 Å². The first-order valence-corrected chi connectivity index (χ1v) is 8.43. The van der Waals surface area contributed by atoms with E-state index < -0.39 is 23.8 Å². The smallest absolute Gasteiger partial charge is 0.414 e. The molecule has 1 fully saturated rings. The summed E-state index contributed by atoms with van der Waals surface area (Å²) >= 11 is 0. The van der Waals surface area contributed by atoms with Crippen LogP contribution < -0.4 is 0 Å². The van der Waals surface area contributed by atoms with Crippen LogP contribution in [0.2, 0.25) is 0 Å². The van der Waals surface area contributed by atoms with Crippen molar-refractivity contribution in [3.8, 4) is 0 Å². The zero-order chi connectivity index (χ0) is 18.6. The van der Waals surface area contributed by atoms with Gasteiger partial charge in [0.1, 0.15) is 12.1 Å². The van der Waals surface area contributed by atoms with E-state index in [4.69, 9.17) is 9.47 Å². The zero-order valence-corrected chi connectivity index (χ0v) is 14.6. The second kappa shape index (κ2) is 7.44. The predicted octanol–water partition coefficient (Wildman–Crippen LogP) is 4.22. The first-order valence-electron chi connectivity index (χ1n) is 8.43. The van der Waals surface area contributed by atoms with Gasteiger partial charge in [-0.15, -0.1) is 6.58 Å². The van der Waals surface area contributed by atoms with Gasteiger partial charge in [0, 0.05) is 5.56 Å². The van der Waals surface area contributed by atoms with E-state index in [0.29, 0.717) is 5.56 Å². The van der Waals surface area contributed by atoms with Crippen LogP contribution in [-0.4, -0.2) is 22.5 Å². The van der Waals surface area contributed by atoms with Crippen molar-refractivity contribution in [2.24, 2.45) is 0 Å². The predicted molar refractivity (Wildman–Crippen MR) is 97.0 cm³/mol. The molecule has 0 N–H and O–H groups in total. The maximum atomic E-state index is 12.9. The summed E-state index contributed by atoms with van der Waals surface area (Å²) in [4.78, 5) is 26.8. The third kappa shape index (κ3) is 3.33. The Morgan fingerprint density at radius 2 is 1.81 bits per heavy atom. The maximum absolute atomic E-state index is 12.9. The fourth-order valence-electron chi connectivity index (χ4n) is 3.02. The second-order valence-electron chi connectivity index (χ2n) is 6.35. The second-order valence-corrected chi connectivity index (χ2v) is 6.35. The van der Waals surface area contributed by atoms with Gasteiger partial charge in [-0.1, -0.05) is 66.7 Å².